The molecule has 0 fully saturated rings. The second kappa shape index (κ2) is 11.4. The summed E-state index contributed by atoms with van der Waals surface area (Å²) in [5.74, 6) is 1.34. The zero-order chi connectivity index (χ0) is 16.3. The van der Waals surface area contributed by atoms with E-state index >= 15 is 0 Å². The van der Waals surface area contributed by atoms with Gasteiger partial charge < -0.3 is 20.3 Å². The van der Waals surface area contributed by atoms with Crippen LogP contribution >= 0.6 is 0 Å². The number of carbonyl (C=O) groups is 1. The maximum absolute atomic E-state index is 11.6. The third-order valence-electron chi connectivity index (χ3n) is 3.03. The minimum Gasteiger partial charge on any atom is -0.383 e. The highest BCUT2D eigenvalue weighted by Crippen LogP contribution is 2.06. The van der Waals surface area contributed by atoms with Gasteiger partial charge in [-0.3, -0.25) is 4.79 Å². The van der Waals surface area contributed by atoms with Crippen LogP contribution in [-0.4, -0.2) is 63.7 Å². The van der Waals surface area contributed by atoms with Crippen molar-refractivity contribution in [1.82, 2.24) is 15.5 Å². The summed E-state index contributed by atoms with van der Waals surface area (Å²) in [6.07, 6.45) is 2.24. The van der Waals surface area contributed by atoms with E-state index in [1.807, 2.05) is 0 Å². The number of hydrogen-bond donors (Lipinski definition) is 2. The van der Waals surface area contributed by atoms with E-state index in [1.165, 1.54) is 0 Å². The lowest BCUT2D eigenvalue weighted by atomic mass is 10.0. The molecule has 0 aliphatic rings. The third-order valence-corrected chi connectivity index (χ3v) is 3.03. The van der Waals surface area contributed by atoms with Crippen molar-refractivity contribution in [1.29, 1.82) is 0 Å². The number of rotatable bonds is 9. The molecule has 0 heterocycles. The first-order chi connectivity index (χ1) is 9.86. The van der Waals surface area contributed by atoms with Gasteiger partial charge in [-0.05, 0) is 25.7 Å². The van der Waals surface area contributed by atoms with Crippen molar-refractivity contribution in [2.24, 2.45) is 10.9 Å². The number of nitrogens with one attached hydrogen (secondary N) is 2. The van der Waals surface area contributed by atoms with Gasteiger partial charge in [0.2, 0.25) is 5.91 Å². The van der Waals surface area contributed by atoms with Crippen molar-refractivity contribution in [3.8, 4) is 0 Å². The van der Waals surface area contributed by atoms with E-state index < -0.39 is 0 Å². The van der Waals surface area contributed by atoms with Crippen LogP contribution in [0, 0.1) is 5.92 Å². The Morgan fingerprint density at radius 1 is 1.24 bits per heavy atom. The molecule has 0 radical (unpaired) electrons. The molecule has 2 N–H and O–H groups in total. The maximum atomic E-state index is 11.6. The highest BCUT2D eigenvalue weighted by atomic mass is 16.5. The van der Waals surface area contributed by atoms with Gasteiger partial charge in [-0.2, -0.15) is 0 Å². The summed E-state index contributed by atoms with van der Waals surface area (Å²) < 4.78 is 5.02. The van der Waals surface area contributed by atoms with Gasteiger partial charge in [0.15, 0.2) is 5.96 Å². The highest BCUT2D eigenvalue weighted by molar-refractivity contribution is 5.84. The van der Waals surface area contributed by atoms with Gasteiger partial charge in [-0.1, -0.05) is 13.8 Å². The molecule has 6 nitrogen and oxygen atoms in total. The van der Waals surface area contributed by atoms with E-state index in [-0.39, 0.29) is 12.5 Å². The number of aliphatic imine (C=N–C) groups is 1. The molecular formula is C15H32N4O2. The van der Waals surface area contributed by atoms with E-state index in [4.69, 9.17) is 4.74 Å². The Bertz CT molecular complexity index is 317. The molecule has 0 saturated heterocycles. The molecule has 0 saturated carbocycles. The van der Waals surface area contributed by atoms with Crippen LogP contribution in [0.15, 0.2) is 4.99 Å². The third kappa shape index (κ3) is 11.1. The van der Waals surface area contributed by atoms with E-state index in [2.05, 4.69) is 36.4 Å². The molecule has 6 heteroatoms. The van der Waals surface area contributed by atoms with Gasteiger partial charge in [0.05, 0.1) is 6.61 Å². The Labute approximate surface area is 129 Å². The fourth-order valence-electron chi connectivity index (χ4n) is 1.60. The van der Waals surface area contributed by atoms with Gasteiger partial charge >= 0.3 is 0 Å². The van der Waals surface area contributed by atoms with Crippen LogP contribution in [0.2, 0.25) is 0 Å². The van der Waals surface area contributed by atoms with Gasteiger partial charge in [0, 0.05) is 33.8 Å². The number of ether oxygens (including phenoxy) is 1. The van der Waals surface area contributed by atoms with Crippen molar-refractivity contribution in [3.63, 3.8) is 0 Å². The summed E-state index contributed by atoms with van der Waals surface area (Å²) in [5, 5.41) is 6.51. The standard InChI is InChI=1S/C15H32N4O2/c1-12(2)7-8-13(3)18-15(16-9-10-21-6)17-11-14(20)19(4)5/h12-13H,7-11H2,1-6H3,(H2,16,17,18). The van der Waals surface area contributed by atoms with Gasteiger partial charge in [0.25, 0.3) is 0 Å². The Morgan fingerprint density at radius 3 is 2.43 bits per heavy atom. The molecule has 1 amide bonds. The number of hydrogen-bond acceptors (Lipinski definition) is 3. The Balaban J connectivity index is 4.42. The minimum atomic E-state index is -0.0160. The van der Waals surface area contributed by atoms with Gasteiger partial charge in [0.1, 0.15) is 6.54 Å². The van der Waals surface area contributed by atoms with Crippen molar-refractivity contribution >= 4 is 11.9 Å². The summed E-state index contributed by atoms with van der Waals surface area (Å²) >= 11 is 0. The molecular weight excluding hydrogens is 268 g/mol. The largest absolute Gasteiger partial charge is 0.383 e. The number of likely N-dealkylation sites (N-methyl/N-ethyl adjacent to an activating group) is 1. The molecule has 0 bridgehead atoms. The summed E-state index contributed by atoms with van der Waals surface area (Å²) in [5.41, 5.74) is 0. The normalized spacial score (nSPS) is 13.2. The predicted octanol–water partition coefficient (Wildman–Crippen LogP) is 1.08. The lowest BCUT2D eigenvalue weighted by Gasteiger charge is -2.19. The number of carbonyl (C=O) groups excluding carboxylic acids is 1. The minimum absolute atomic E-state index is 0.0160. The van der Waals surface area contributed by atoms with E-state index in [9.17, 15) is 4.79 Å². The summed E-state index contributed by atoms with van der Waals surface area (Å²) in [4.78, 5) is 17.5. The van der Waals surface area contributed by atoms with Crippen molar-refractivity contribution in [3.05, 3.63) is 0 Å². The summed E-state index contributed by atoms with van der Waals surface area (Å²) in [6, 6.07) is 0.315. The van der Waals surface area contributed by atoms with Crippen LogP contribution in [-0.2, 0) is 9.53 Å². The zero-order valence-corrected chi connectivity index (χ0v) is 14.4. The number of methoxy groups -OCH3 is 1. The Hall–Kier alpha value is -1.30. The Kier molecular flexibility index (Phi) is 10.7. The van der Waals surface area contributed by atoms with Gasteiger partial charge in [-0.25, -0.2) is 4.99 Å². The fourth-order valence-corrected chi connectivity index (χ4v) is 1.60. The lowest BCUT2D eigenvalue weighted by Crippen LogP contribution is -2.44. The highest BCUT2D eigenvalue weighted by Gasteiger charge is 2.08. The van der Waals surface area contributed by atoms with Crippen LogP contribution in [0.1, 0.15) is 33.6 Å². The molecule has 0 aromatic rings. The van der Waals surface area contributed by atoms with Crippen molar-refractivity contribution in [2.45, 2.75) is 39.7 Å². The molecule has 0 rings (SSSR count). The molecule has 0 aliphatic heterocycles. The second-order valence-electron chi connectivity index (χ2n) is 5.89. The van der Waals surface area contributed by atoms with E-state index in [1.54, 1.807) is 26.1 Å². The summed E-state index contributed by atoms with van der Waals surface area (Å²) in [6.45, 7) is 7.97. The number of nitrogens with zero attached hydrogens (tertiary/aromatic N) is 2. The first kappa shape index (κ1) is 19.7. The van der Waals surface area contributed by atoms with E-state index in [0.29, 0.717) is 31.1 Å². The monoisotopic (exact) mass is 300 g/mol. The van der Waals surface area contributed by atoms with Crippen LogP contribution in [0.3, 0.4) is 0 Å². The lowest BCUT2D eigenvalue weighted by molar-refractivity contribution is -0.127. The average molecular weight is 300 g/mol. The van der Waals surface area contributed by atoms with E-state index in [0.717, 1.165) is 12.8 Å². The van der Waals surface area contributed by atoms with Crippen molar-refractivity contribution < 1.29 is 9.53 Å². The molecule has 0 spiro atoms. The average Bonchev–Trinajstić information content (AvgIpc) is 2.41. The van der Waals surface area contributed by atoms with Gasteiger partial charge in [-0.15, -0.1) is 0 Å². The van der Waals surface area contributed by atoms with Crippen LogP contribution < -0.4 is 10.6 Å². The van der Waals surface area contributed by atoms with Crippen LogP contribution in [0.25, 0.3) is 0 Å². The molecule has 0 aromatic carbocycles. The van der Waals surface area contributed by atoms with Crippen LogP contribution in [0.4, 0.5) is 0 Å². The summed E-state index contributed by atoms with van der Waals surface area (Å²) in [7, 11) is 5.12. The fraction of sp³-hybridized carbons (Fsp3) is 0.867. The molecule has 1 unspecified atom stereocenters. The van der Waals surface area contributed by atoms with Crippen LogP contribution in [0.5, 0.6) is 0 Å². The second-order valence-corrected chi connectivity index (χ2v) is 5.89. The molecule has 124 valence electrons. The first-order valence-corrected chi connectivity index (χ1v) is 7.60. The Morgan fingerprint density at radius 2 is 1.90 bits per heavy atom. The zero-order valence-electron chi connectivity index (χ0n) is 14.4. The predicted molar refractivity (Wildman–Crippen MR) is 87.5 cm³/mol. The molecule has 0 aromatic heterocycles. The molecule has 1 atom stereocenters. The smallest absolute Gasteiger partial charge is 0.243 e. The topological polar surface area (TPSA) is 66.0 Å². The SMILES string of the molecule is COCCNC(=NCC(=O)N(C)C)NC(C)CCC(C)C. The number of amides is 1. The van der Waals surface area contributed by atoms with Crippen molar-refractivity contribution in [2.75, 3.05) is 40.9 Å². The quantitative estimate of drug-likeness (QED) is 0.380. The number of guanidine groups is 1. The molecule has 21 heavy (non-hydrogen) atoms. The molecule has 0 aliphatic carbocycles. The first-order valence-electron chi connectivity index (χ1n) is 7.60. The maximum Gasteiger partial charge on any atom is 0.243 e.